The van der Waals surface area contributed by atoms with Crippen molar-refractivity contribution in [3.8, 4) is 5.75 Å². The smallest absolute Gasteiger partial charge is 0.307 e. The zero-order valence-electron chi connectivity index (χ0n) is 13.6. The molecule has 1 heterocycles. The van der Waals surface area contributed by atoms with Crippen LogP contribution in [0.5, 0.6) is 5.75 Å². The van der Waals surface area contributed by atoms with E-state index in [4.69, 9.17) is 9.84 Å². The van der Waals surface area contributed by atoms with Crippen LogP contribution in [0.1, 0.15) is 37.7 Å². The normalized spacial score (nSPS) is 23.4. The number of aliphatic carboxylic acids is 1. The standard InChI is InChI=1S/C18H23NO4/c1-12(13-4-3-5-14(10-13)23-2)16(20)19-8-6-18(7-9-19)11-15(18)17(21)22/h3-5,10,12,15H,6-9,11H2,1-2H3,(H,21,22). The number of hydrogen-bond donors (Lipinski definition) is 1. The van der Waals surface area contributed by atoms with Gasteiger partial charge < -0.3 is 14.7 Å². The number of hydrogen-bond acceptors (Lipinski definition) is 3. The molecule has 1 saturated carbocycles. The molecule has 5 nitrogen and oxygen atoms in total. The molecule has 3 rings (SSSR count). The van der Waals surface area contributed by atoms with E-state index in [0.29, 0.717) is 13.1 Å². The molecular formula is C18H23NO4. The number of carboxylic acids is 1. The molecule has 1 aromatic rings. The van der Waals surface area contributed by atoms with Crippen molar-refractivity contribution < 1.29 is 19.4 Å². The van der Waals surface area contributed by atoms with Crippen LogP contribution in [0, 0.1) is 11.3 Å². The highest BCUT2D eigenvalue weighted by Gasteiger charge is 2.59. The van der Waals surface area contributed by atoms with Gasteiger partial charge in [-0.1, -0.05) is 12.1 Å². The zero-order valence-corrected chi connectivity index (χ0v) is 13.6. The average Bonchev–Trinajstić information content (AvgIpc) is 3.28. The molecule has 0 radical (unpaired) electrons. The van der Waals surface area contributed by atoms with E-state index in [0.717, 1.165) is 30.6 Å². The van der Waals surface area contributed by atoms with E-state index in [-0.39, 0.29) is 23.2 Å². The molecule has 1 aromatic carbocycles. The minimum absolute atomic E-state index is 0.0399. The van der Waals surface area contributed by atoms with Gasteiger partial charge in [0.15, 0.2) is 0 Å². The van der Waals surface area contributed by atoms with Gasteiger partial charge in [0, 0.05) is 13.1 Å². The second-order valence-electron chi connectivity index (χ2n) is 6.78. The predicted molar refractivity (Wildman–Crippen MR) is 85.4 cm³/mol. The number of amides is 1. The van der Waals surface area contributed by atoms with E-state index in [1.807, 2.05) is 36.1 Å². The molecule has 1 saturated heterocycles. The van der Waals surface area contributed by atoms with Crippen LogP contribution in [-0.4, -0.2) is 42.1 Å². The van der Waals surface area contributed by atoms with E-state index >= 15 is 0 Å². The van der Waals surface area contributed by atoms with Gasteiger partial charge in [0.25, 0.3) is 0 Å². The van der Waals surface area contributed by atoms with Crippen molar-refractivity contribution in [3.63, 3.8) is 0 Å². The number of benzene rings is 1. The Bertz CT molecular complexity index is 619. The molecule has 2 aliphatic rings. The summed E-state index contributed by atoms with van der Waals surface area (Å²) >= 11 is 0. The Morgan fingerprint density at radius 1 is 1.35 bits per heavy atom. The van der Waals surface area contributed by atoms with Crippen molar-refractivity contribution in [2.75, 3.05) is 20.2 Å². The van der Waals surface area contributed by atoms with Crippen LogP contribution < -0.4 is 4.74 Å². The average molecular weight is 317 g/mol. The molecule has 124 valence electrons. The number of carboxylic acid groups (broad SMARTS) is 1. The highest BCUT2D eigenvalue weighted by molar-refractivity contribution is 5.83. The fourth-order valence-electron chi connectivity index (χ4n) is 3.75. The Kier molecular flexibility index (Phi) is 4.04. The second kappa shape index (κ2) is 5.87. The highest BCUT2D eigenvalue weighted by atomic mass is 16.5. The second-order valence-corrected chi connectivity index (χ2v) is 6.78. The van der Waals surface area contributed by atoms with Crippen molar-refractivity contribution in [1.29, 1.82) is 0 Å². The molecule has 2 unspecified atom stereocenters. The van der Waals surface area contributed by atoms with Crippen LogP contribution in [0.25, 0.3) is 0 Å². The van der Waals surface area contributed by atoms with Crippen LogP contribution in [0.3, 0.4) is 0 Å². The first-order valence-electron chi connectivity index (χ1n) is 8.12. The van der Waals surface area contributed by atoms with Gasteiger partial charge in [-0.15, -0.1) is 0 Å². The molecule has 1 spiro atoms. The third-order valence-corrected chi connectivity index (χ3v) is 5.52. The molecule has 1 aliphatic heterocycles. The van der Waals surface area contributed by atoms with E-state index in [2.05, 4.69) is 0 Å². The summed E-state index contributed by atoms with van der Waals surface area (Å²) in [6.07, 6.45) is 2.39. The Hall–Kier alpha value is -2.04. The van der Waals surface area contributed by atoms with Crippen molar-refractivity contribution in [1.82, 2.24) is 4.90 Å². The largest absolute Gasteiger partial charge is 0.497 e. The summed E-state index contributed by atoms with van der Waals surface area (Å²) in [6, 6.07) is 7.60. The van der Waals surface area contributed by atoms with Crippen molar-refractivity contribution >= 4 is 11.9 Å². The van der Waals surface area contributed by atoms with Crippen molar-refractivity contribution in [3.05, 3.63) is 29.8 Å². The van der Waals surface area contributed by atoms with Gasteiger partial charge in [-0.05, 0) is 49.3 Å². The molecule has 1 N–H and O–H groups in total. The lowest BCUT2D eigenvalue weighted by molar-refractivity contribution is -0.140. The van der Waals surface area contributed by atoms with E-state index in [9.17, 15) is 9.59 Å². The van der Waals surface area contributed by atoms with E-state index in [1.54, 1.807) is 7.11 Å². The van der Waals surface area contributed by atoms with Crippen LogP contribution in [-0.2, 0) is 9.59 Å². The summed E-state index contributed by atoms with van der Waals surface area (Å²) in [6.45, 7) is 3.24. The fraction of sp³-hybridized carbons (Fsp3) is 0.556. The van der Waals surface area contributed by atoms with Crippen molar-refractivity contribution in [2.24, 2.45) is 11.3 Å². The molecular weight excluding hydrogens is 294 g/mol. The number of carbonyl (C=O) groups is 2. The predicted octanol–water partition coefficient (Wildman–Crippen LogP) is 2.51. The Balaban J connectivity index is 1.62. The first-order chi connectivity index (χ1) is 11.0. The fourth-order valence-corrected chi connectivity index (χ4v) is 3.75. The monoisotopic (exact) mass is 317 g/mol. The number of rotatable bonds is 4. The van der Waals surface area contributed by atoms with E-state index in [1.165, 1.54) is 0 Å². The lowest BCUT2D eigenvalue weighted by atomic mass is 9.89. The zero-order chi connectivity index (χ0) is 16.6. The summed E-state index contributed by atoms with van der Waals surface area (Å²) in [5, 5.41) is 9.14. The van der Waals surface area contributed by atoms with Crippen LogP contribution in [0.4, 0.5) is 0 Å². The summed E-state index contributed by atoms with van der Waals surface area (Å²) in [4.78, 5) is 25.7. The van der Waals surface area contributed by atoms with Gasteiger partial charge in [0.2, 0.25) is 5.91 Å². The SMILES string of the molecule is COc1cccc(C(C)C(=O)N2CCC3(CC2)CC3C(=O)O)c1. The van der Waals surface area contributed by atoms with Crippen LogP contribution >= 0.6 is 0 Å². The van der Waals surface area contributed by atoms with Gasteiger partial charge in [-0.25, -0.2) is 0 Å². The topological polar surface area (TPSA) is 66.8 Å². The number of ether oxygens (including phenoxy) is 1. The number of nitrogens with zero attached hydrogens (tertiary/aromatic N) is 1. The Morgan fingerprint density at radius 2 is 2.04 bits per heavy atom. The van der Waals surface area contributed by atoms with Gasteiger partial charge in [0.05, 0.1) is 18.9 Å². The number of likely N-dealkylation sites (tertiary alicyclic amines) is 1. The summed E-state index contributed by atoms with van der Waals surface area (Å²) in [5.74, 6) is -0.235. The maximum atomic E-state index is 12.7. The van der Waals surface area contributed by atoms with Gasteiger partial charge in [-0.3, -0.25) is 9.59 Å². The molecule has 0 aromatic heterocycles. The van der Waals surface area contributed by atoms with E-state index < -0.39 is 5.97 Å². The first-order valence-corrected chi connectivity index (χ1v) is 8.12. The van der Waals surface area contributed by atoms with Gasteiger partial charge in [-0.2, -0.15) is 0 Å². The molecule has 2 fully saturated rings. The molecule has 1 amide bonds. The minimum atomic E-state index is -0.686. The molecule has 1 aliphatic carbocycles. The molecule has 2 atom stereocenters. The third-order valence-electron chi connectivity index (χ3n) is 5.52. The maximum Gasteiger partial charge on any atom is 0.307 e. The third kappa shape index (κ3) is 2.92. The quantitative estimate of drug-likeness (QED) is 0.926. The van der Waals surface area contributed by atoms with Crippen LogP contribution in [0.2, 0.25) is 0 Å². The molecule has 23 heavy (non-hydrogen) atoms. The number of methoxy groups -OCH3 is 1. The number of piperidine rings is 1. The minimum Gasteiger partial charge on any atom is -0.497 e. The Labute approximate surface area is 136 Å². The number of carbonyl (C=O) groups excluding carboxylic acids is 1. The lowest BCUT2D eigenvalue weighted by Gasteiger charge is -2.34. The van der Waals surface area contributed by atoms with Gasteiger partial charge in [0.1, 0.15) is 5.75 Å². The maximum absolute atomic E-state index is 12.7. The molecule has 5 heteroatoms. The van der Waals surface area contributed by atoms with Gasteiger partial charge >= 0.3 is 5.97 Å². The summed E-state index contributed by atoms with van der Waals surface area (Å²) in [5.41, 5.74) is 0.909. The molecule has 0 bridgehead atoms. The summed E-state index contributed by atoms with van der Waals surface area (Å²) < 4.78 is 5.22. The Morgan fingerprint density at radius 3 is 2.61 bits per heavy atom. The van der Waals surface area contributed by atoms with Crippen molar-refractivity contribution in [2.45, 2.75) is 32.1 Å². The first kappa shape index (κ1) is 15.8. The lowest BCUT2D eigenvalue weighted by Crippen LogP contribution is -2.41. The summed E-state index contributed by atoms with van der Waals surface area (Å²) in [7, 11) is 1.62. The van der Waals surface area contributed by atoms with Crippen LogP contribution in [0.15, 0.2) is 24.3 Å². The highest BCUT2D eigenvalue weighted by Crippen LogP contribution is 2.59.